The second-order valence-corrected chi connectivity index (χ2v) is 12.4. The number of benzene rings is 3. The van der Waals surface area contributed by atoms with Crippen LogP contribution in [0.2, 0.25) is 15.1 Å². The van der Waals surface area contributed by atoms with Gasteiger partial charge < -0.3 is 4.90 Å². The zero-order valence-corrected chi connectivity index (χ0v) is 24.7. The van der Waals surface area contributed by atoms with Crippen LogP contribution in [0.5, 0.6) is 0 Å². The molecule has 4 aromatic rings. The summed E-state index contributed by atoms with van der Waals surface area (Å²) in [4.78, 5) is 28.2. The number of carbonyl (C=O) groups is 1. The van der Waals surface area contributed by atoms with E-state index in [4.69, 9.17) is 34.8 Å². The van der Waals surface area contributed by atoms with Gasteiger partial charge in [-0.15, -0.1) is 0 Å². The fourth-order valence-electron chi connectivity index (χ4n) is 4.49. The second kappa shape index (κ2) is 11.0. The summed E-state index contributed by atoms with van der Waals surface area (Å²) in [7, 11) is -2.70. The average Bonchev–Trinajstić information content (AvgIpc) is 3.74. The van der Waals surface area contributed by atoms with Crippen molar-refractivity contribution in [3.8, 4) is 5.69 Å². The van der Waals surface area contributed by atoms with Crippen molar-refractivity contribution in [3.63, 3.8) is 0 Å². The number of hydrogen-bond acceptors (Lipinski definition) is 4. The minimum Gasteiger partial charge on any atom is -0.331 e. The largest absolute Gasteiger partial charge is 0.331 e. The zero-order valence-electron chi connectivity index (χ0n) is 21.6. The van der Waals surface area contributed by atoms with Crippen LogP contribution in [0.3, 0.4) is 0 Å². The number of carbonyl (C=O) groups excluding carboxylic acids is 1. The van der Waals surface area contributed by atoms with Gasteiger partial charge in [-0.1, -0.05) is 59.1 Å². The van der Waals surface area contributed by atoms with E-state index in [1.807, 2.05) is 6.07 Å². The Morgan fingerprint density at radius 2 is 1.62 bits per heavy atom. The molecule has 3 aromatic carbocycles. The molecule has 1 aromatic heterocycles. The van der Waals surface area contributed by atoms with Crippen molar-refractivity contribution in [2.75, 3.05) is 4.72 Å². The number of halogens is 3. The maximum Gasteiger partial charge on any atom is 0.296 e. The minimum absolute atomic E-state index is 0.0166. The SMILES string of the molecule is Cc1c(NS(=O)(=O)c2cc(C(=O)N(Cc3c(Cl)cccc3Cl)C3CC3)ccc2Cl)c(=O)n(-c2ccccc2)n1C. The predicted molar refractivity (Wildman–Crippen MR) is 157 cm³/mol. The Hall–Kier alpha value is -3.24. The maximum absolute atomic E-state index is 13.6. The monoisotopic (exact) mass is 618 g/mol. The van der Waals surface area contributed by atoms with E-state index in [1.165, 1.54) is 22.9 Å². The third kappa shape index (κ3) is 5.39. The van der Waals surface area contributed by atoms with Crippen molar-refractivity contribution in [2.24, 2.45) is 7.05 Å². The van der Waals surface area contributed by atoms with Crippen LogP contribution in [0.4, 0.5) is 5.69 Å². The molecular formula is C28H25Cl3N4O4S. The molecule has 12 heteroatoms. The van der Waals surface area contributed by atoms with Crippen LogP contribution >= 0.6 is 34.8 Å². The third-order valence-electron chi connectivity index (χ3n) is 6.90. The van der Waals surface area contributed by atoms with Gasteiger partial charge in [0.05, 0.1) is 16.4 Å². The third-order valence-corrected chi connectivity index (χ3v) is 9.44. The first-order valence-corrected chi connectivity index (χ1v) is 15.0. The highest BCUT2D eigenvalue weighted by molar-refractivity contribution is 7.92. The molecule has 0 saturated heterocycles. The molecule has 0 unspecified atom stereocenters. The van der Waals surface area contributed by atoms with E-state index in [2.05, 4.69) is 4.72 Å². The van der Waals surface area contributed by atoms with Crippen LogP contribution in [0, 0.1) is 6.92 Å². The Morgan fingerprint density at radius 3 is 2.25 bits per heavy atom. The number of rotatable bonds is 8. The van der Waals surface area contributed by atoms with Gasteiger partial charge in [-0.05, 0) is 62.2 Å². The summed E-state index contributed by atoms with van der Waals surface area (Å²) in [5, 5.41) is 0.788. The number of amides is 1. The molecule has 1 amide bonds. The summed E-state index contributed by atoms with van der Waals surface area (Å²) in [5.41, 5.74) is 1.06. The highest BCUT2D eigenvalue weighted by Crippen LogP contribution is 2.34. The predicted octanol–water partition coefficient (Wildman–Crippen LogP) is 6.05. The zero-order chi connectivity index (χ0) is 28.8. The van der Waals surface area contributed by atoms with Gasteiger partial charge in [0.1, 0.15) is 10.6 Å². The lowest BCUT2D eigenvalue weighted by molar-refractivity contribution is 0.0730. The van der Waals surface area contributed by atoms with Gasteiger partial charge >= 0.3 is 0 Å². The van der Waals surface area contributed by atoms with Crippen molar-refractivity contribution in [1.29, 1.82) is 0 Å². The second-order valence-electron chi connectivity index (χ2n) is 9.55. The van der Waals surface area contributed by atoms with E-state index in [0.29, 0.717) is 27.0 Å². The van der Waals surface area contributed by atoms with Crippen molar-refractivity contribution in [2.45, 2.75) is 37.2 Å². The number of nitrogens with zero attached hydrogens (tertiary/aromatic N) is 3. The molecule has 0 aliphatic heterocycles. The first-order valence-electron chi connectivity index (χ1n) is 12.4. The van der Waals surface area contributed by atoms with Crippen LogP contribution in [-0.2, 0) is 23.6 Å². The molecule has 0 atom stereocenters. The minimum atomic E-state index is -4.35. The molecule has 1 saturated carbocycles. The normalized spacial score (nSPS) is 13.3. The fraction of sp³-hybridized carbons (Fsp3) is 0.214. The van der Waals surface area contributed by atoms with Gasteiger partial charge in [-0.2, -0.15) is 0 Å². The number of para-hydroxylation sites is 1. The molecule has 1 heterocycles. The number of anilines is 1. The summed E-state index contributed by atoms with van der Waals surface area (Å²) in [6.45, 7) is 1.81. The van der Waals surface area contributed by atoms with Gasteiger partial charge in [0, 0.05) is 40.8 Å². The Labute approximate surface area is 246 Å². The van der Waals surface area contributed by atoms with E-state index < -0.39 is 15.6 Å². The highest BCUT2D eigenvalue weighted by atomic mass is 35.5. The van der Waals surface area contributed by atoms with Crippen LogP contribution < -0.4 is 10.3 Å². The Balaban J connectivity index is 1.48. The molecular weight excluding hydrogens is 595 g/mol. The standard InChI is InChI=1S/C28H25Cl3N4O4S/c1-17-26(28(37)35(33(17)2)20-7-4-3-5-8-20)32-40(38,39)25-15-18(11-14-24(25)31)27(36)34(19-12-13-19)16-21-22(29)9-6-10-23(21)30/h3-11,14-15,19,32H,12-13,16H2,1-2H3. The van der Waals surface area contributed by atoms with E-state index in [-0.39, 0.29) is 39.7 Å². The molecule has 0 radical (unpaired) electrons. The van der Waals surface area contributed by atoms with Crippen molar-refractivity contribution in [3.05, 3.63) is 109 Å². The molecule has 5 rings (SSSR count). The summed E-state index contributed by atoms with van der Waals surface area (Å²) < 4.78 is 32.4. The summed E-state index contributed by atoms with van der Waals surface area (Å²) in [6.07, 6.45) is 1.63. The quantitative estimate of drug-likeness (QED) is 0.260. The van der Waals surface area contributed by atoms with Crippen molar-refractivity contribution in [1.82, 2.24) is 14.3 Å². The molecule has 1 N–H and O–H groups in total. The molecule has 8 nitrogen and oxygen atoms in total. The van der Waals surface area contributed by atoms with Crippen LogP contribution in [-0.4, -0.2) is 34.6 Å². The molecule has 1 fully saturated rings. The Kier molecular flexibility index (Phi) is 7.76. The lowest BCUT2D eigenvalue weighted by atomic mass is 10.1. The Morgan fingerprint density at radius 1 is 0.975 bits per heavy atom. The fourth-order valence-corrected chi connectivity index (χ4v) is 6.65. The average molecular weight is 620 g/mol. The summed E-state index contributed by atoms with van der Waals surface area (Å²) in [5.74, 6) is -0.381. The molecule has 0 bridgehead atoms. The Bertz CT molecular complexity index is 1760. The van der Waals surface area contributed by atoms with E-state index in [1.54, 1.807) is 66.0 Å². The highest BCUT2D eigenvalue weighted by Gasteiger charge is 2.35. The molecule has 1 aliphatic rings. The van der Waals surface area contributed by atoms with Crippen LogP contribution in [0.15, 0.2) is 76.4 Å². The van der Waals surface area contributed by atoms with Gasteiger partial charge in [0.15, 0.2) is 0 Å². The molecule has 0 spiro atoms. The molecule has 40 heavy (non-hydrogen) atoms. The van der Waals surface area contributed by atoms with Gasteiger partial charge in [0.25, 0.3) is 21.5 Å². The summed E-state index contributed by atoms with van der Waals surface area (Å²) >= 11 is 19.0. The van der Waals surface area contributed by atoms with Gasteiger partial charge in [0.2, 0.25) is 0 Å². The van der Waals surface area contributed by atoms with Crippen molar-refractivity contribution >= 4 is 56.4 Å². The molecule has 208 valence electrons. The topological polar surface area (TPSA) is 93.4 Å². The van der Waals surface area contributed by atoms with Gasteiger partial charge in [-0.25, -0.2) is 13.1 Å². The number of hydrogen-bond donors (Lipinski definition) is 1. The first kappa shape index (κ1) is 28.3. The van der Waals surface area contributed by atoms with E-state index >= 15 is 0 Å². The lowest BCUT2D eigenvalue weighted by Crippen LogP contribution is -2.33. The van der Waals surface area contributed by atoms with Gasteiger partial charge in [-0.3, -0.25) is 19.0 Å². The van der Waals surface area contributed by atoms with Crippen LogP contribution in [0.1, 0.15) is 34.5 Å². The van der Waals surface area contributed by atoms with Crippen LogP contribution in [0.25, 0.3) is 5.69 Å². The maximum atomic E-state index is 13.6. The smallest absolute Gasteiger partial charge is 0.296 e. The number of aromatic nitrogens is 2. The molecule has 1 aliphatic carbocycles. The summed E-state index contributed by atoms with van der Waals surface area (Å²) in [6, 6.07) is 18.0. The lowest BCUT2D eigenvalue weighted by Gasteiger charge is -2.24. The number of sulfonamides is 1. The van der Waals surface area contributed by atoms with E-state index in [9.17, 15) is 18.0 Å². The first-order chi connectivity index (χ1) is 19.0. The van der Waals surface area contributed by atoms with Crippen molar-refractivity contribution < 1.29 is 13.2 Å². The number of nitrogens with one attached hydrogen (secondary N) is 1. The van der Waals surface area contributed by atoms with E-state index in [0.717, 1.165) is 12.8 Å².